The molecule has 0 aliphatic rings. The van der Waals surface area contributed by atoms with Gasteiger partial charge in [-0.2, -0.15) is 0 Å². The van der Waals surface area contributed by atoms with Gasteiger partial charge in [-0.25, -0.2) is 0 Å². The topological polar surface area (TPSA) is 77.5 Å². The molecular formula is C16H19ClN2O4. The van der Waals surface area contributed by atoms with Gasteiger partial charge in [-0.15, -0.1) is 0 Å². The molecule has 0 spiro atoms. The van der Waals surface area contributed by atoms with E-state index in [1.165, 1.54) is 12.1 Å². The summed E-state index contributed by atoms with van der Waals surface area (Å²) in [6.07, 6.45) is 2.06. The number of rotatable bonds is 9. The van der Waals surface area contributed by atoms with Gasteiger partial charge in [-0.1, -0.05) is 11.6 Å². The first kappa shape index (κ1) is 17.5. The molecule has 1 aromatic carbocycles. The maximum Gasteiger partial charge on any atom is 0.270 e. The number of unbranched alkanes of at least 4 members (excludes halogenated alkanes) is 1. The van der Waals surface area contributed by atoms with E-state index in [0.717, 1.165) is 31.8 Å². The maximum atomic E-state index is 10.7. The molecule has 0 amide bonds. The fraction of sp³-hybridized carbons (Fsp3) is 0.375. The molecule has 0 aliphatic carbocycles. The molecular weight excluding hydrogens is 320 g/mol. The van der Waals surface area contributed by atoms with Gasteiger partial charge in [0, 0.05) is 31.4 Å². The number of hydrogen-bond donors (Lipinski definition) is 1. The van der Waals surface area contributed by atoms with Crippen LogP contribution in [-0.4, -0.2) is 25.2 Å². The Labute approximate surface area is 139 Å². The number of ether oxygens (including phenoxy) is 1. The van der Waals surface area contributed by atoms with Gasteiger partial charge in [-0.3, -0.25) is 10.1 Å². The molecule has 0 bridgehead atoms. The second-order valence-electron chi connectivity index (χ2n) is 5.06. The molecule has 2 rings (SSSR count). The number of methoxy groups -OCH3 is 1. The van der Waals surface area contributed by atoms with E-state index in [4.69, 9.17) is 20.8 Å². The number of nitrogens with one attached hydrogen (secondary N) is 1. The lowest BCUT2D eigenvalue weighted by Crippen LogP contribution is -2.14. The Morgan fingerprint density at radius 3 is 2.83 bits per heavy atom. The Kier molecular flexibility index (Phi) is 6.58. The summed E-state index contributed by atoms with van der Waals surface area (Å²) in [6.45, 7) is 2.28. The minimum Gasteiger partial charge on any atom is -0.460 e. The van der Waals surface area contributed by atoms with Crippen molar-refractivity contribution in [1.82, 2.24) is 5.32 Å². The van der Waals surface area contributed by atoms with E-state index in [1.807, 2.05) is 12.1 Å². The summed E-state index contributed by atoms with van der Waals surface area (Å²) in [7, 11) is 1.70. The van der Waals surface area contributed by atoms with Gasteiger partial charge >= 0.3 is 0 Å². The van der Waals surface area contributed by atoms with Crippen molar-refractivity contribution >= 4 is 17.3 Å². The summed E-state index contributed by atoms with van der Waals surface area (Å²) in [5, 5.41) is 14.3. The molecule has 0 saturated heterocycles. The third-order valence-electron chi connectivity index (χ3n) is 3.34. The lowest BCUT2D eigenvalue weighted by Gasteiger charge is -2.03. The fourth-order valence-electron chi connectivity index (χ4n) is 2.14. The van der Waals surface area contributed by atoms with E-state index in [-0.39, 0.29) is 5.69 Å². The van der Waals surface area contributed by atoms with Gasteiger partial charge in [0.05, 0.1) is 16.5 Å². The molecule has 0 radical (unpaired) electrons. The number of halogens is 1. The van der Waals surface area contributed by atoms with Crippen molar-refractivity contribution in [3.05, 3.63) is 51.2 Å². The van der Waals surface area contributed by atoms with Crippen molar-refractivity contribution in [3.8, 4) is 11.3 Å². The van der Waals surface area contributed by atoms with Crippen LogP contribution in [0.25, 0.3) is 11.3 Å². The Bertz CT molecular complexity index is 657. The highest BCUT2D eigenvalue weighted by atomic mass is 35.5. The van der Waals surface area contributed by atoms with Crippen molar-refractivity contribution in [2.45, 2.75) is 19.4 Å². The first-order valence-corrected chi connectivity index (χ1v) is 7.72. The molecule has 0 aliphatic heterocycles. The van der Waals surface area contributed by atoms with E-state index in [1.54, 1.807) is 13.2 Å². The third kappa shape index (κ3) is 5.06. The quantitative estimate of drug-likeness (QED) is 0.424. The van der Waals surface area contributed by atoms with Crippen LogP contribution in [-0.2, 0) is 11.3 Å². The van der Waals surface area contributed by atoms with Crippen molar-refractivity contribution in [1.29, 1.82) is 0 Å². The van der Waals surface area contributed by atoms with Crippen molar-refractivity contribution in [3.63, 3.8) is 0 Å². The van der Waals surface area contributed by atoms with Crippen LogP contribution in [0.4, 0.5) is 5.69 Å². The first-order chi connectivity index (χ1) is 11.1. The average molecular weight is 339 g/mol. The highest BCUT2D eigenvalue weighted by molar-refractivity contribution is 6.33. The lowest BCUT2D eigenvalue weighted by atomic mass is 10.1. The minimum atomic E-state index is -0.475. The SMILES string of the molecule is COCCCCNCc1ccc(-c2ccc([N+](=O)[O-])cc2Cl)o1. The normalized spacial score (nSPS) is 10.9. The summed E-state index contributed by atoms with van der Waals surface area (Å²) in [5.41, 5.74) is 0.604. The number of non-ortho nitro benzene ring substituents is 1. The van der Waals surface area contributed by atoms with E-state index in [9.17, 15) is 10.1 Å². The van der Waals surface area contributed by atoms with Crippen LogP contribution >= 0.6 is 11.6 Å². The zero-order valence-electron chi connectivity index (χ0n) is 12.9. The van der Waals surface area contributed by atoms with Crippen molar-refractivity contribution in [2.24, 2.45) is 0 Å². The molecule has 7 heteroatoms. The predicted molar refractivity (Wildman–Crippen MR) is 88.6 cm³/mol. The second kappa shape index (κ2) is 8.67. The molecule has 0 saturated carbocycles. The molecule has 0 unspecified atom stereocenters. The first-order valence-electron chi connectivity index (χ1n) is 7.34. The second-order valence-corrected chi connectivity index (χ2v) is 5.47. The molecule has 1 N–H and O–H groups in total. The van der Waals surface area contributed by atoms with Crippen molar-refractivity contribution in [2.75, 3.05) is 20.3 Å². The van der Waals surface area contributed by atoms with Gasteiger partial charge in [0.1, 0.15) is 11.5 Å². The maximum absolute atomic E-state index is 10.7. The molecule has 0 atom stereocenters. The van der Waals surface area contributed by atoms with Crippen LogP contribution in [0.1, 0.15) is 18.6 Å². The van der Waals surface area contributed by atoms with Gasteiger partial charge in [0.25, 0.3) is 5.69 Å². The van der Waals surface area contributed by atoms with E-state index < -0.39 is 4.92 Å². The van der Waals surface area contributed by atoms with Gasteiger partial charge in [-0.05, 0) is 37.6 Å². The van der Waals surface area contributed by atoms with Crippen molar-refractivity contribution < 1.29 is 14.1 Å². The van der Waals surface area contributed by atoms with Crippen LogP contribution in [0.5, 0.6) is 0 Å². The number of nitro groups is 1. The summed E-state index contributed by atoms with van der Waals surface area (Å²) in [6, 6.07) is 8.02. The lowest BCUT2D eigenvalue weighted by molar-refractivity contribution is -0.384. The molecule has 124 valence electrons. The summed E-state index contributed by atoms with van der Waals surface area (Å²) >= 11 is 6.10. The molecule has 23 heavy (non-hydrogen) atoms. The van der Waals surface area contributed by atoms with Gasteiger partial charge in [0.2, 0.25) is 0 Å². The van der Waals surface area contributed by atoms with E-state index in [0.29, 0.717) is 22.9 Å². The summed E-state index contributed by atoms with van der Waals surface area (Å²) in [5.74, 6) is 1.39. The monoisotopic (exact) mass is 338 g/mol. The smallest absolute Gasteiger partial charge is 0.270 e. The molecule has 0 fully saturated rings. The summed E-state index contributed by atoms with van der Waals surface area (Å²) < 4.78 is 10.7. The zero-order valence-corrected chi connectivity index (χ0v) is 13.6. The molecule has 2 aromatic rings. The largest absolute Gasteiger partial charge is 0.460 e. The van der Waals surface area contributed by atoms with Crippen LogP contribution in [0.2, 0.25) is 5.02 Å². The van der Waals surface area contributed by atoms with Crippen LogP contribution in [0, 0.1) is 10.1 Å². The van der Waals surface area contributed by atoms with Gasteiger partial charge in [0.15, 0.2) is 0 Å². The van der Waals surface area contributed by atoms with E-state index in [2.05, 4.69) is 5.32 Å². The Hall–Kier alpha value is -1.89. The van der Waals surface area contributed by atoms with Crippen LogP contribution < -0.4 is 5.32 Å². The molecule has 6 nitrogen and oxygen atoms in total. The standard InChI is InChI=1S/C16H19ClN2O4/c1-22-9-3-2-8-18-11-13-5-7-16(23-13)14-6-4-12(19(20)21)10-15(14)17/h4-7,10,18H,2-3,8-9,11H2,1H3. The summed E-state index contributed by atoms with van der Waals surface area (Å²) in [4.78, 5) is 10.2. The third-order valence-corrected chi connectivity index (χ3v) is 3.65. The number of nitro benzene ring substituents is 1. The Morgan fingerprint density at radius 2 is 2.13 bits per heavy atom. The highest BCUT2D eigenvalue weighted by Crippen LogP contribution is 2.32. The Morgan fingerprint density at radius 1 is 1.30 bits per heavy atom. The van der Waals surface area contributed by atoms with Crippen LogP contribution in [0.3, 0.4) is 0 Å². The molecule has 1 heterocycles. The minimum absolute atomic E-state index is 0.0387. The van der Waals surface area contributed by atoms with E-state index >= 15 is 0 Å². The number of benzene rings is 1. The van der Waals surface area contributed by atoms with Crippen LogP contribution in [0.15, 0.2) is 34.7 Å². The Balaban J connectivity index is 1.93. The fourth-order valence-corrected chi connectivity index (χ4v) is 2.41. The number of furan rings is 1. The highest BCUT2D eigenvalue weighted by Gasteiger charge is 2.13. The average Bonchev–Trinajstić information content (AvgIpc) is 2.99. The number of hydrogen-bond acceptors (Lipinski definition) is 5. The predicted octanol–water partition coefficient (Wildman–Crippen LogP) is 4.02. The zero-order chi connectivity index (χ0) is 16.7. The van der Waals surface area contributed by atoms with Gasteiger partial charge < -0.3 is 14.5 Å². The number of nitrogens with zero attached hydrogens (tertiary/aromatic N) is 1. The molecule has 1 aromatic heterocycles.